The van der Waals surface area contributed by atoms with Crippen LogP contribution < -0.4 is 5.32 Å². The molecule has 0 spiro atoms. The van der Waals surface area contributed by atoms with Gasteiger partial charge in [0.15, 0.2) is 0 Å². The number of benzene rings is 1. The van der Waals surface area contributed by atoms with Crippen LogP contribution in [0.3, 0.4) is 0 Å². The van der Waals surface area contributed by atoms with Crippen LogP contribution in [-0.4, -0.2) is 11.9 Å². The second-order valence-electron chi connectivity index (χ2n) is 3.25. The maximum atomic E-state index is 5.64. The molecular formula is C11H16ClN. The van der Waals surface area contributed by atoms with E-state index in [9.17, 15) is 0 Å². The van der Waals surface area contributed by atoms with Gasteiger partial charge in [-0.2, -0.15) is 0 Å². The van der Waals surface area contributed by atoms with Gasteiger partial charge in [-0.25, -0.2) is 0 Å². The second kappa shape index (κ2) is 6.01. The Morgan fingerprint density at radius 2 is 2.00 bits per heavy atom. The van der Waals surface area contributed by atoms with Crippen LogP contribution in [0.1, 0.15) is 18.9 Å². The Morgan fingerprint density at radius 3 is 2.62 bits per heavy atom. The van der Waals surface area contributed by atoms with Gasteiger partial charge in [-0.3, -0.25) is 0 Å². The Kier molecular flexibility index (Phi) is 4.87. The normalized spacial score (nSPS) is 12.8. The zero-order valence-corrected chi connectivity index (χ0v) is 8.72. The molecule has 0 aliphatic heterocycles. The van der Waals surface area contributed by atoms with Crippen molar-refractivity contribution < 1.29 is 0 Å². The summed E-state index contributed by atoms with van der Waals surface area (Å²) in [6.07, 6.45) is 1.02. The van der Waals surface area contributed by atoms with E-state index >= 15 is 0 Å². The molecule has 0 bridgehead atoms. The summed E-state index contributed by atoms with van der Waals surface area (Å²) in [5.41, 5.74) is 1.32. The van der Waals surface area contributed by atoms with E-state index in [1.807, 2.05) is 6.07 Å². The lowest BCUT2D eigenvalue weighted by atomic mass is 10.2. The average Bonchev–Trinajstić information content (AvgIpc) is 2.17. The van der Waals surface area contributed by atoms with E-state index in [0.717, 1.165) is 18.8 Å². The zero-order valence-electron chi connectivity index (χ0n) is 7.96. The molecule has 1 rings (SSSR count). The van der Waals surface area contributed by atoms with Gasteiger partial charge in [0.05, 0.1) is 0 Å². The number of hydrogen-bond donors (Lipinski definition) is 1. The van der Waals surface area contributed by atoms with Crippen molar-refractivity contribution in [1.29, 1.82) is 0 Å². The van der Waals surface area contributed by atoms with Crippen molar-refractivity contribution in [2.45, 2.75) is 25.9 Å². The number of halogens is 1. The zero-order chi connectivity index (χ0) is 9.52. The molecular weight excluding hydrogens is 182 g/mol. The van der Waals surface area contributed by atoms with Crippen LogP contribution in [-0.2, 0) is 6.54 Å². The Balaban J connectivity index is 2.27. The average molecular weight is 198 g/mol. The molecule has 1 atom stereocenters. The largest absolute Gasteiger partial charge is 0.310 e. The summed E-state index contributed by atoms with van der Waals surface area (Å²) in [6.45, 7) is 3.09. The first-order valence-corrected chi connectivity index (χ1v) is 5.19. The third-order valence-electron chi connectivity index (χ3n) is 2.04. The fraction of sp³-hybridized carbons (Fsp3) is 0.455. The van der Waals surface area contributed by atoms with Crippen LogP contribution in [0.4, 0.5) is 0 Å². The van der Waals surface area contributed by atoms with Crippen molar-refractivity contribution in [2.24, 2.45) is 0 Å². The Bertz CT molecular complexity index is 223. The van der Waals surface area contributed by atoms with E-state index in [1.54, 1.807) is 0 Å². The summed E-state index contributed by atoms with van der Waals surface area (Å²) in [5, 5.41) is 3.42. The molecule has 0 aliphatic carbocycles. The van der Waals surface area contributed by atoms with E-state index in [-0.39, 0.29) is 0 Å². The van der Waals surface area contributed by atoms with Crippen molar-refractivity contribution in [2.75, 3.05) is 5.88 Å². The molecule has 1 N–H and O–H groups in total. The standard InChI is InChI=1S/C11H16ClN/c1-10(7-8-12)13-9-11-5-3-2-4-6-11/h2-6,10,13H,7-9H2,1H3/t10-/m0/s1. The van der Waals surface area contributed by atoms with Gasteiger partial charge >= 0.3 is 0 Å². The molecule has 0 heterocycles. The Labute approximate surface area is 85.1 Å². The quantitative estimate of drug-likeness (QED) is 0.716. The highest BCUT2D eigenvalue weighted by molar-refractivity contribution is 6.17. The minimum Gasteiger partial charge on any atom is -0.310 e. The van der Waals surface area contributed by atoms with Crippen molar-refractivity contribution in [3.63, 3.8) is 0 Å². The maximum Gasteiger partial charge on any atom is 0.0238 e. The topological polar surface area (TPSA) is 12.0 Å². The molecule has 0 amide bonds. The lowest BCUT2D eigenvalue weighted by Crippen LogP contribution is -2.25. The molecule has 0 fully saturated rings. The highest BCUT2D eigenvalue weighted by atomic mass is 35.5. The molecule has 2 heteroatoms. The summed E-state index contributed by atoms with van der Waals surface area (Å²) in [7, 11) is 0. The van der Waals surface area contributed by atoms with Gasteiger partial charge in [-0.05, 0) is 18.9 Å². The van der Waals surface area contributed by atoms with E-state index in [2.05, 4.69) is 36.5 Å². The number of nitrogens with one attached hydrogen (secondary N) is 1. The van der Waals surface area contributed by atoms with Crippen LogP contribution in [0.25, 0.3) is 0 Å². The molecule has 1 aromatic rings. The van der Waals surface area contributed by atoms with Crippen LogP contribution in [0.15, 0.2) is 30.3 Å². The minimum absolute atomic E-state index is 0.498. The molecule has 0 unspecified atom stereocenters. The SMILES string of the molecule is C[C@@H](CCCl)NCc1ccccc1. The monoisotopic (exact) mass is 197 g/mol. The lowest BCUT2D eigenvalue weighted by molar-refractivity contribution is 0.536. The minimum atomic E-state index is 0.498. The summed E-state index contributed by atoms with van der Waals surface area (Å²) >= 11 is 5.64. The summed E-state index contributed by atoms with van der Waals surface area (Å²) in [5.74, 6) is 0.725. The summed E-state index contributed by atoms with van der Waals surface area (Å²) in [6, 6.07) is 10.9. The molecule has 0 aliphatic rings. The van der Waals surface area contributed by atoms with E-state index in [1.165, 1.54) is 5.56 Å². The fourth-order valence-electron chi connectivity index (χ4n) is 1.15. The molecule has 1 aromatic carbocycles. The lowest BCUT2D eigenvalue weighted by Gasteiger charge is -2.11. The maximum absolute atomic E-state index is 5.64. The van der Waals surface area contributed by atoms with Gasteiger partial charge in [0.1, 0.15) is 0 Å². The van der Waals surface area contributed by atoms with Gasteiger partial charge in [0.25, 0.3) is 0 Å². The molecule has 1 nitrogen and oxygen atoms in total. The van der Waals surface area contributed by atoms with E-state index in [4.69, 9.17) is 11.6 Å². The predicted octanol–water partition coefficient (Wildman–Crippen LogP) is 2.79. The van der Waals surface area contributed by atoms with Crippen LogP contribution in [0, 0.1) is 0 Å². The molecule has 13 heavy (non-hydrogen) atoms. The highest BCUT2D eigenvalue weighted by Gasteiger charge is 1.99. The van der Waals surface area contributed by atoms with Gasteiger partial charge in [-0.1, -0.05) is 30.3 Å². The van der Waals surface area contributed by atoms with Crippen LogP contribution >= 0.6 is 11.6 Å². The van der Waals surface area contributed by atoms with Crippen LogP contribution in [0.2, 0.25) is 0 Å². The third kappa shape index (κ3) is 4.30. The first kappa shape index (κ1) is 10.6. The van der Waals surface area contributed by atoms with Gasteiger partial charge < -0.3 is 5.32 Å². The number of alkyl halides is 1. The smallest absolute Gasteiger partial charge is 0.0238 e. The second-order valence-corrected chi connectivity index (χ2v) is 3.62. The van der Waals surface area contributed by atoms with Crippen molar-refractivity contribution in [1.82, 2.24) is 5.32 Å². The van der Waals surface area contributed by atoms with Crippen molar-refractivity contribution >= 4 is 11.6 Å². The van der Waals surface area contributed by atoms with Crippen LogP contribution in [0.5, 0.6) is 0 Å². The first-order valence-electron chi connectivity index (χ1n) is 4.66. The van der Waals surface area contributed by atoms with Gasteiger partial charge in [-0.15, -0.1) is 11.6 Å². The molecule has 72 valence electrons. The first-order chi connectivity index (χ1) is 6.33. The predicted molar refractivity (Wildman–Crippen MR) is 58.1 cm³/mol. The van der Waals surface area contributed by atoms with E-state index < -0.39 is 0 Å². The molecule has 0 radical (unpaired) electrons. The number of rotatable bonds is 5. The van der Waals surface area contributed by atoms with Gasteiger partial charge in [0.2, 0.25) is 0 Å². The van der Waals surface area contributed by atoms with Gasteiger partial charge in [0, 0.05) is 18.5 Å². The fourth-order valence-corrected chi connectivity index (χ4v) is 1.48. The molecule has 0 aromatic heterocycles. The Morgan fingerprint density at radius 1 is 1.31 bits per heavy atom. The highest BCUT2D eigenvalue weighted by Crippen LogP contribution is 1.99. The summed E-state index contributed by atoms with van der Waals surface area (Å²) in [4.78, 5) is 0. The number of hydrogen-bond acceptors (Lipinski definition) is 1. The van der Waals surface area contributed by atoms with Crippen molar-refractivity contribution in [3.8, 4) is 0 Å². The Hall–Kier alpha value is -0.530. The summed E-state index contributed by atoms with van der Waals surface area (Å²) < 4.78 is 0. The third-order valence-corrected chi connectivity index (χ3v) is 2.26. The van der Waals surface area contributed by atoms with Crippen molar-refractivity contribution in [3.05, 3.63) is 35.9 Å². The van der Waals surface area contributed by atoms with E-state index in [0.29, 0.717) is 6.04 Å². The molecule has 0 saturated carbocycles. The molecule has 0 saturated heterocycles.